The van der Waals surface area contributed by atoms with Gasteiger partial charge in [-0.25, -0.2) is 0 Å². The highest BCUT2D eigenvalue weighted by Gasteiger charge is 2.38. The van der Waals surface area contributed by atoms with Gasteiger partial charge in [0.1, 0.15) is 0 Å². The molecule has 0 amide bonds. The maximum absolute atomic E-state index is 2.29. The summed E-state index contributed by atoms with van der Waals surface area (Å²) < 4.78 is 1.51. The number of rotatable bonds is 6. The molecule has 90 valence electrons. The lowest BCUT2D eigenvalue weighted by Crippen LogP contribution is -3.16. The highest BCUT2D eigenvalue weighted by molar-refractivity contribution is 8.82. The maximum Gasteiger partial charge on any atom is 0.198 e. The van der Waals surface area contributed by atoms with Crippen molar-refractivity contribution in [1.29, 1.82) is 0 Å². The van der Waals surface area contributed by atoms with Crippen LogP contribution in [0.15, 0.2) is 0 Å². The van der Waals surface area contributed by atoms with Gasteiger partial charge in [0.25, 0.3) is 0 Å². The Labute approximate surface area is 106 Å². The average molecular weight is 269 g/mol. The van der Waals surface area contributed by atoms with Crippen LogP contribution < -0.4 is 9.80 Å². The van der Waals surface area contributed by atoms with Crippen LogP contribution in [0.3, 0.4) is 0 Å². The molecule has 0 radical (unpaired) electrons. The summed E-state index contributed by atoms with van der Waals surface area (Å²) in [6, 6.07) is 0. The summed E-state index contributed by atoms with van der Waals surface area (Å²) in [5.74, 6) is 0. The molecule has 0 spiro atoms. The number of hydrogen-bond acceptors (Lipinski definition) is 3. The van der Waals surface area contributed by atoms with Crippen LogP contribution in [0.5, 0.6) is 0 Å². The molecule has 0 aromatic heterocycles. The predicted octanol–water partition coefficient (Wildman–Crippen LogP) is 0.531. The van der Waals surface area contributed by atoms with E-state index in [1.807, 2.05) is 0 Å². The topological polar surface area (TPSA) is 8.88 Å². The van der Waals surface area contributed by atoms with Gasteiger partial charge in [0, 0.05) is 0 Å². The summed E-state index contributed by atoms with van der Waals surface area (Å²) in [5.41, 5.74) is 0. The van der Waals surface area contributed by atoms with Crippen molar-refractivity contribution >= 4 is 33.3 Å². The molecule has 1 aliphatic heterocycles. The summed E-state index contributed by atoms with van der Waals surface area (Å²) in [7, 11) is 4.18. The molecule has 1 fully saturated rings. The Balaban J connectivity index is 2.43. The Morgan fingerprint density at radius 1 is 0.733 bits per heavy atom. The van der Waals surface area contributed by atoms with Crippen LogP contribution in [0, 0.1) is 0 Å². The largest absolute Gasteiger partial charge is 0.315 e. The van der Waals surface area contributed by atoms with E-state index < -0.39 is 0 Å². The summed E-state index contributed by atoms with van der Waals surface area (Å²) in [6.45, 7) is 14.2. The lowest BCUT2D eigenvalue weighted by molar-refractivity contribution is -0.899. The Kier molecular flexibility index (Phi) is 6.85. The Morgan fingerprint density at radius 3 is 1.33 bits per heavy atom. The molecule has 2 nitrogen and oxygen atoms in total. The van der Waals surface area contributed by atoms with Crippen molar-refractivity contribution in [3.05, 3.63) is 0 Å². The normalized spacial score (nSPS) is 26.8. The van der Waals surface area contributed by atoms with Gasteiger partial charge in [0.15, 0.2) is 9.41 Å². The summed E-state index contributed by atoms with van der Waals surface area (Å²) in [6.07, 6.45) is 0. The second kappa shape index (κ2) is 7.33. The molecule has 5 heteroatoms. The molecule has 1 saturated heterocycles. The SMILES string of the molecule is CC[NH+](CC)C1SSC([NH+](CC)CC)S1. The van der Waals surface area contributed by atoms with Crippen LogP contribution in [0.2, 0.25) is 0 Å². The average Bonchev–Trinajstić information content (AvgIpc) is 2.71. The molecule has 1 rings (SSSR count). The van der Waals surface area contributed by atoms with Crippen LogP contribution in [0.25, 0.3) is 0 Å². The first-order chi connectivity index (χ1) is 7.26. The van der Waals surface area contributed by atoms with E-state index in [0.29, 0.717) is 0 Å². The molecule has 15 heavy (non-hydrogen) atoms. The zero-order chi connectivity index (χ0) is 11.3. The highest BCUT2D eigenvalue weighted by Crippen LogP contribution is 2.45. The van der Waals surface area contributed by atoms with E-state index in [-0.39, 0.29) is 0 Å². The van der Waals surface area contributed by atoms with Gasteiger partial charge in [-0.05, 0) is 61.0 Å². The second-order valence-electron chi connectivity index (χ2n) is 3.72. The van der Waals surface area contributed by atoms with Crippen molar-refractivity contribution in [2.75, 3.05) is 26.2 Å². The van der Waals surface area contributed by atoms with Crippen molar-refractivity contribution in [3.8, 4) is 0 Å². The van der Waals surface area contributed by atoms with E-state index in [9.17, 15) is 0 Å². The zero-order valence-electron chi connectivity index (χ0n) is 10.2. The van der Waals surface area contributed by atoms with E-state index >= 15 is 0 Å². The van der Waals surface area contributed by atoms with Gasteiger partial charge in [0.2, 0.25) is 0 Å². The minimum atomic E-state index is 0.753. The smallest absolute Gasteiger partial charge is 0.198 e. The zero-order valence-corrected chi connectivity index (χ0v) is 12.7. The first-order valence-electron chi connectivity index (χ1n) is 5.93. The number of quaternary nitrogens is 2. The van der Waals surface area contributed by atoms with Crippen LogP contribution in [0.1, 0.15) is 27.7 Å². The molecule has 1 heterocycles. The lowest BCUT2D eigenvalue weighted by Gasteiger charge is -2.22. The molecule has 0 aromatic carbocycles. The van der Waals surface area contributed by atoms with Crippen LogP contribution in [-0.2, 0) is 0 Å². The van der Waals surface area contributed by atoms with Crippen molar-refractivity contribution in [2.45, 2.75) is 37.1 Å². The van der Waals surface area contributed by atoms with Gasteiger partial charge in [0.05, 0.1) is 26.2 Å². The van der Waals surface area contributed by atoms with E-state index in [4.69, 9.17) is 0 Å². The summed E-state index contributed by atoms with van der Waals surface area (Å²) in [5, 5.41) is 0. The van der Waals surface area contributed by atoms with E-state index in [0.717, 1.165) is 9.41 Å². The quantitative estimate of drug-likeness (QED) is 0.681. The first-order valence-corrected chi connectivity index (χ1v) is 9.15. The minimum absolute atomic E-state index is 0.753. The summed E-state index contributed by atoms with van der Waals surface area (Å²) >= 11 is 2.18. The van der Waals surface area contributed by atoms with Crippen LogP contribution >= 0.6 is 33.3 Å². The molecular weight excluding hydrogens is 244 g/mol. The number of hydrogen-bond donors (Lipinski definition) is 2. The molecule has 0 aliphatic carbocycles. The van der Waals surface area contributed by atoms with Gasteiger partial charge in [-0.15, -0.1) is 0 Å². The number of nitrogens with one attached hydrogen (secondary N) is 2. The first kappa shape index (κ1) is 14.0. The fraction of sp³-hybridized carbons (Fsp3) is 1.00. The third-order valence-corrected chi connectivity index (χ3v) is 8.71. The third kappa shape index (κ3) is 3.73. The van der Waals surface area contributed by atoms with E-state index in [2.05, 4.69) is 61.0 Å². The van der Waals surface area contributed by atoms with E-state index in [1.54, 1.807) is 9.80 Å². The second-order valence-corrected chi connectivity index (χ2v) is 8.02. The lowest BCUT2D eigenvalue weighted by atomic mass is 10.6. The van der Waals surface area contributed by atoms with E-state index in [1.165, 1.54) is 26.2 Å². The van der Waals surface area contributed by atoms with Gasteiger partial charge < -0.3 is 9.80 Å². The van der Waals surface area contributed by atoms with Gasteiger partial charge in [-0.2, -0.15) is 0 Å². The summed E-state index contributed by atoms with van der Waals surface area (Å²) in [4.78, 5) is 3.46. The Hall–Kier alpha value is 0.970. The van der Waals surface area contributed by atoms with Crippen molar-refractivity contribution in [3.63, 3.8) is 0 Å². The Morgan fingerprint density at radius 2 is 1.07 bits per heavy atom. The molecule has 0 saturated carbocycles. The molecule has 2 atom stereocenters. The van der Waals surface area contributed by atoms with Gasteiger partial charge >= 0.3 is 0 Å². The monoisotopic (exact) mass is 268 g/mol. The standard InChI is InChI=1S/C10H22N2S3/c1-5-11(6-2)9-13-10(15-14-9)12(7-3)8-4/h9-10H,5-8H2,1-4H3/p+2. The van der Waals surface area contributed by atoms with Gasteiger partial charge in [-0.1, -0.05) is 0 Å². The molecule has 0 bridgehead atoms. The highest BCUT2D eigenvalue weighted by atomic mass is 33.1. The van der Waals surface area contributed by atoms with Crippen LogP contribution in [-0.4, -0.2) is 35.6 Å². The third-order valence-electron chi connectivity index (χ3n) is 2.96. The fourth-order valence-electron chi connectivity index (χ4n) is 1.75. The molecular formula is C10H24N2S3+2. The fourth-order valence-corrected chi connectivity index (χ4v) is 8.47. The number of thioether (sulfide) groups is 1. The molecule has 0 aromatic rings. The Bertz CT molecular complexity index is 154. The van der Waals surface area contributed by atoms with Crippen molar-refractivity contribution < 1.29 is 9.80 Å². The molecule has 1 aliphatic rings. The molecule has 2 N–H and O–H groups in total. The minimum Gasteiger partial charge on any atom is -0.315 e. The maximum atomic E-state index is 2.29. The predicted molar refractivity (Wildman–Crippen MR) is 74.4 cm³/mol. The van der Waals surface area contributed by atoms with Crippen LogP contribution in [0.4, 0.5) is 0 Å². The molecule has 2 unspecified atom stereocenters. The van der Waals surface area contributed by atoms with Gasteiger partial charge in [-0.3, -0.25) is 0 Å². The van der Waals surface area contributed by atoms with Crippen molar-refractivity contribution in [1.82, 2.24) is 0 Å². The van der Waals surface area contributed by atoms with Crippen molar-refractivity contribution in [2.24, 2.45) is 0 Å².